The summed E-state index contributed by atoms with van der Waals surface area (Å²) in [6, 6.07) is 70.2. The van der Waals surface area contributed by atoms with Crippen molar-refractivity contribution in [2.24, 2.45) is 0 Å². The molecule has 0 saturated heterocycles. The van der Waals surface area contributed by atoms with Gasteiger partial charge in [-0.05, 0) is 69.3 Å². The van der Waals surface area contributed by atoms with Crippen LogP contribution in [0.5, 0.6) is 11.5 Å². The monoisotopic (exact) mass is 766 g/mol. The fourth-order valence-electron chi connectivity index (χ4n) is 9.33. The quantitative estimate of drug-likeness (QED) is 0.175. The largest absolute Gasteiger partial charge is 0.457 e. The summed E-state index contributed by atoms with van der Waals surface area (Å²) in [4.78, 5) is 20.0. The molecule has 0 unspecified atom stereocenters. The number of benzene rings is 8. The van der Waals surface area contributed by atoms with Gasteiger partial charge in [-0.2, -0.15) is 0 Å². The predicted octanol–water partition coefficient (Wildman–Crippen LogP) is 13.2. The molecule has 0 amide bonds. The molecule has 0 radical (unpaired) electrons. The third-order valence-electron chi connectivity index (χ3n) is 12.1. The van der Waals surface area contributed by atoms with E-state index in [0.29, 0.717) is 17.5 Å². The molecule has 0 fully saturated rings. The van der Waals surface area contributed by atoms with Gasteiger partial charge >= 0.3 is 0 Å². The molecule has 5 heteroatoms. The molecule has 12 rings (SSSR count). The van der Waals surface area contributed by atoms with Gasteiger partial charge in [0.05, 0.1) is 10.9 Å². The van der Waals surface area contributed by atoms with E-state index in [0.717, 1.165) is 78.0 Å². The number of fused-ring (bicyclic) bond motifs is 10. The summed E-state index contributed by atoms with van der Waals surface area (Å²) in [7, 11) is 0. The number of nitrogens with zero attached hydrogens (tertiary/aromatic N) is 4. The normalized spacial score (nSPS) is 12.9. The standard InChI is InChI=1S/C55H34N4O/c1-3-13-38(14-4-1)52-57-53(39-15-5-2-6-16-39)59-54(58-52)41-29-31-44-43-30-28-40(35-24-26-36(27-25-35)42-19-11-17-37-18-12-32-56-51(37)42)33-47(43)55(48(44)34-41)45-20-7-9-22-49(45)60-50-23-10-8-21-46(50)55/h1-34H. The molecule has 8 aromatic carbocycles. The van der Waals surface area contributed by atoms with Crippen molar-refractivity contribution in [1.82, 2.24) is 19.9 Å². The summed E-state index contributed by atoms with van der Waals surface area (Å²) >= 11 is 0. The Morgan fingerprint density at radius 2 is 0.833 bits per heavy atom. The lowest BCUT2D eigenvalue weighted by Crippen LogP contribution is -2.32. The maximum absolute atomic E-state index is 6.70. The molecule has 0 bridgehead atoms. The lowest BCUT2D eigenvalue weighted by Gasteiger charge is -2.39. The second-order valence-corrected chi connectivity index (χ2v) is 15.4. The van der Waals surface area contributed by atoms with Gasteiger partial charge < -0.3 is 4.74 Å². The zero-order valence-electron chi connectivity index (χ0n) is 32.3. The smallest absolute Gasteiger partial charge is 0.164 e. The average Bonchev–Trinajstić information content (AvgIpc) is 3.61. The van der Waals surface area contributed by atoms with E-state index in [4.69, 9.17) is 24.7 Å². The van der Waals surface area contributed by atoms with Gasteiger partial charge in [0.2, 0.25) is 0 Å². The molecule has 2 aliphatic rings. The maximum Gasteiger partial charge on any atom is 0.164 e. The molecular weight excluding hydrogens is 733 g/mol. The molecule has 60 heavy (non-hydrogen) atoms. The van der Waals surface area contributed by atoms with E-state index in [9.17, 15) is 0 Å². The van der Waals surface area contributed by atoms with Gasteiger partial charge in [0, 0.05) is 45.0 Å². The van der Waals surface area contributed by atoms with Crippen LogP contribution in [0, 0.1) is 0 Å². The molecule has 0 atom stereocenters. The van der Waals surface area contributed by atoms with E-state index in [2.05, 4.69) is 133 Å². The van der Waals surface area contributed by atoms with Crippen molar-refractivity contribution >= 4 is 10.9 Å². The molecule has 1 aliphatic carbocycles. The fraction of sp³-hybridized carbons (Fsp3) is 0.0182. The Hall–Kier alpha value is -8.02. The zero-order chi connectivity index (χ0) is 39.6. The molecular formula is C55H34N4O. The predicted molar refractivity (Wildman–Crippen MR) is 240 cm³/mol. The van der Waals surface area contributed by atoms with Crippen molar-refractivity contribution < 1.29 is 4.74 Å². The lowest BCUT2D eigenvalue weighted by molar-refractivity contribution is 0.436. The maximum atomic E-state index is 6.70. The van der Waals surface area contributed by atoms with Crippen molar-refractivity contribution in [3.63, 3.8) is 0 Å². The first kappa shape index (κ1) is 34.1. The van der Waals surface area contributed by atoms with Crippen molar-refractivity contribution in [3.8, 4) is 79.0 Å². The van der Waals surface area contributed by atoms with Crippen LogP contribution in [-0.4, -0.2) is 19.9 Å². The highest BCUT2D eigenvalue weighted by Crippen LogP contribution is 2.62. The van der Waals surface area contributed by atoms with Crippen LogP contribution in [0.1, 0.15) is 22.3 Å². The lowest BCUT2D eigenvalue weighted by atomic mass is 9.65. The molecule has 2 aromatic heterocycles. The zero-order valence-corrected chi connectivity index (χ0v) is 32.3. The average molecular weight is 767 g/mol. The summed E-state index contributed by atoms with van der Waals surface area (Å²) in [5.74, 6) is 3.57. The Kier molecular flexibility index (Phi) is 7.69. The highest BCUT2D eigenvalue weighted by Gasteiger charge is 2.51. The van der Waals surface area contributed by atoms with E-state index >= 15 is 0 Å². The number of para-hydroxylation sites is 3. The Bertz CT molecular complexity index is 3180. The Morgan fingerprint density at radius 3 is 1.47 bits per heavy atom. The first-order chi connectivity index (χ1) is 29.7. The minimum Gasteiger partial charge on any atom is -0.457 e. The van der Waals surface area contributed by atoms with Gasteiger partial charge in [-0.25, -0.2) is 15.0 Å². The molecule has 5 nitrogen and oxygen atoms in total. The summed E-state index contributed by atoms with van der Waals surface area (Å²) in [5, 5.41) is 1.13. The third kappa shape index (κ3) is 5.26. The Labute approximate surface area is 347 Å². The molecule has 1 spiro atoms. The van der Waals surface area contributed by atoms with Crippen molar-refractivity contribution in [3.05, 3.63) is 229 Å². The number of hydrogen-bond acceptors (Lipinski definition) is 5. The number of aromatic nitrogens is 4. The number of hydrogen-bond donors (Lipinski definition) is 0. The molecule has 280 valence electrons. The van der Waals surface area contributed by atoms with Gasteiger partial charge in [0.1, 0.15) is 11.5 Å². The summed E-state index contributed by atoms with van der Waals surface area (Å²) < 4.78 is 6.70. The minimum atomic E-state index is -0.686. The Morgan fingerprint density at radius 1 is 0.333 bits per heavy atom. The van der Waals surface area contributed by atoms with Crippen molar-refractivity contribution in [1.29, 1.82) is 0 Å². The molecule has 10 aromatic rings. The van der Waals surface area contributed by atoms with E-state index in [1.165, 1.54) is 16.7 Å². The minimum absolute atomic E-state index is 0.618. The highest BCUT2D eigenvalue weighted by molar-refractivity contribution is 5.95. The fourth-order valence-corrected chi connectivity index (χ4v) is 9.33. The topological polar surface area (TPSA) is 60.8 Å². The van der Waals surface area contributed by atoms with Crippen LogP contribution in [0.15, 0.2) is 206 Å². The number of ether oxygens (including phenoxy) is 1. The van der Waals surface area contributed by atoms with E-state index < -0.39 is 5.41 Å². The molecule has 0 N–H and O–H groups in total. The van der Waals surface area contributed by atoms with Crippen molar-refractivity contribution in [2.45, 2.75) is 5.41 Å². The van der Waals surface area contributed by atoms with Crippen LogP contribution in [-0.2, 0) is 5.41 Å². The highest BCUT2D eigenvalue weighted by atomic mass is 16.5. The van der Waals surface area contributed by atoms with Crippen LogP contribution < -0.4 is 4.74 Å². The molecule has 3 heterocycles. The van der Waals surface area contributed by atoms with Gasteiger partial charge in [-0.3, -0.25) is 4.98 Å². The second-order valence-electron chi connectivity index (χ2n) is 15.4. The van der Waals surface area contributed by atoms with E-state index in [1.54, 1.807) is 0 Å². The van der Waals surface area contributed by atoms with Gasteiger partial charge in [0.15, 0.2) is 17.5 Å². The third-order valence-corrected chi connectivity index (χ3v) is 12.1. The van der Waals surface area contributed by atoms with Crippen LogP contribution in [0.25, 0.3) is 78.4 Å². The first-order valence-corrected chi connectivity index (χ1v) is 20.2. The van der Waals surface area contributed by atoms with Crippen LogP contribution >= 0.6 is 0 Å². The van der Waals surface area contributed by atoms with Crippen molar-refractivity contribution in [2.75, 3.05) is 0 Å². The van der Waals surface area contributed by atoms with E-state index in [1.807, 2.05) is 72.9 Å². The first-order valence-electron chi connectivity index (χ1n) is 20.2. The van der Waals surface area contributed by atoms with Crippen LogP contribution in [0.4, 0.5) is 0 Å². The number of rotatable bonds is 5. The SMILES string of the molecule is c1ccc(-c2nc(-c3ccccc3)nc(-c3ccc4c(c3)C3(c5ccccc5Oc5ccccc53)c3cc(-c5ccc(-c6cccc7cccnc67)cc5)ccc3-4)n2)cc1. The van der Waals surface area contributed by atoms with Gasteiger partial charge in [-0.15, -0.1) is 0 Å². The summed E-state index contributed by atoms with van der Waals surface area (Å²) in [6.07, 6.45) is 1.86. The Balaban J connectivity index is 1.06. The molecule has 1 aliphatic heterocycles. The summed E-state index contributed by atoms with van der Waals surface area (Å²) in [6.45, 7) is 0. The molecule has 0 saturated carbocycles. The van der Waals surface area contributed by atoms with Gasteiger partial charge in [-0.1, -0.05) is 170 Å². The van der Waals surface area contributed by atoms with Crippen LogP contribution in [0.2, 0.25) is 0 Å². The second kappa shape index (κ2) is 13.5. The van der Waals surface area contributed by atoms with Gasteiger partial charge in [0.25, 0.3) is 0 Å². The van der Waals surface area contributed by atoms with Crippen LogP contribution in [0.3, 0.4) is 0 Å². The van der Waals surface area contributed by atoms with E-state index in [-0.39, 0.29) is 0 Å². The summed E-state index contributed by atoms with van der Waals surface area (Å²) in [5.41, 5.74) is 14.6. The number of pyridine rings is 1.